The van der Waals surface area contributed by atoms with Crippen LogP contribution in [0.25, 0.3) is 0 Å². The Kier molecular flexibility index (Phi) is 9.22. The Morgan fingerprint density at radius 1 is 1.26 bits per heavy atom. The molecule has 2 aromatic rings. The van der Waals surface area contributed by atoms with Crippen LogP contribution in [0.5, 0.6) is 5.75 Å². The average Bonchev–Trinajstić information content (AvgIpc) is 2.72. The van der Waals surface area contributed by atoms with Crippen LogP contribution in [0.1, 0.15) is 45.6 Å². The smallest absolute Gasteiger partial charge is 0.241 e. The molecule has 8 heteroatoms. The Bertz CT molecular complexity index is 1050. The predicted octanol–water partition coefficient (Wildman–Crippen LogP) is 6.03. The van der Waals surface area contributed by atoms with Crippen molar-refractivity contribution in [3.8, 4) is 5.75 Å². The Morgan fingerprint density at radius 3 is 2.55 bits per heavy atom. The van der Waals surface area contributed by atoms with E-state index in [0.29, 0.717) is 23.6 Å². The number of hydrogen-bond donors (Lipinski definition) is 1. The maximum absolute atomic E-state index is 13.3. The molecular formula is C23H28ClFN2O3S. The molecule has 0 aliphatic carbocycles. The molecule has 2 rings (SSSR count). The molecule has 0 aliphatic heterocycles. The highest BCUT2D eigenvalue weighted by Crippen LogP contribution is 2.20. The summed E-state index contributed by atoms with van der Waals surface area (Å²) < 4.78 is 47.0. The fourth-order valence-corrected chi connectivity index (χ4v) is 4.09. The van der Waals surface area contributed by atoms with Gasteiger partial charge in [-0.15, -0.1) is 0 Å². The van der Waals surface area contributed by atoms with Gasteiger partial charge in [0.15, 0.2) is 5.90 Å². The van der Waals surface area contributed by atoms with Crippen LogP contribution < -0.4 is 9.46 Å². The van der Waals surface area contributed by atoms with Gasteiger partial charge in [-0.05, 0) is 63.1 Å². The van der Waals surface area contributed by atoms with Crippen LogP contribution in [-0.2, 0) is 10.0 Å². The number of sulfonamides is 1. The molecule has 1 atom stereocenters. The fraction of sp³-hybridized carbons (Fsp3) is 0.348. The standard InChI is InChI=1S/C23H28ClFN2O3S/c1-5-6-7-23(30-19-10-8-16(2)9-11-19)26-15-17(3)18(4)27-31(28,29)20-12-13-22(25)21(24)14-20/h8-15,18,27H,5-7H2,1-4H3/b17-15+,26-23?. The largest absolute Gasteiger partial charge is 0.443 e. The van der Waals surface area contributed by atoms with Crippen LogP contribution in [0, 0.1) is 12.7 Å². The van der Waals surface area contributed by atoms with E-state index in [1.165, 1.54) is 6.07 Å². The van der Waals surface area contributed by atoms with E-state index in [0.717, 1.165) is 30.5 Å². The summed E-state index contributed by atoms with van der Waals surface area (Å²) in [7, 11) is -3.87. The van der Waals surface area contributed by atoms with Crippen molar-refractivity contribution in [2.75, 3.05) is 0 Å². The van der Waals surface area contributed by atoms with Gasteiger partial charge in [0, 0.05) is 18.7 Å². The number of hydrogen-bond acceptors (Lipinski definition) is 4. The van der Waals surface area contributed by atoms with E-state index in [-0.39, 0.29) is 9.92 Å². The van der Waals surface area contributed by atoms with Crippen molar-refractivity contribution in [2.45, 2.75) is 57.9 Å². The molecule has 1 unspecified atom stereocenters. The normalized spacial score (nSPS) is 13.9. The minimum atomic E-state index is -3.87. The highest BCUT2D eigenvalue weighted by molar-refractivity contribution is 7.89. The van der Waals surface area contributed by atoms with Crippen molar-refractivity contribution in [1.29, 1.82) is 0 Å². The number of nitrogens with one attached hydrogen (secondary N) is 1. The van der Waals surface area contributed by atoms with E-state index < -0.39 is 21.9 Å². The highest BCUT2D eigenvalue weighted by Gasteiger charge is 2.19. The van der Waals surface area contributed by atoms with Gasteiger partial charge in [0.05, 0.1) is 9.92 Å². The Labute approximate surface area is 189 Å². The SMILES string of the molecule is CCCCC(=N/C=C(\C)C(C)NS(=O)(=O)c1ccc(F)c(Cl)c1)Oc1ccc(C)cc1. The quantitative estimate of drug-likeness (QED) is 0.362. The molecule has 0 fully saturated rings. The number of halogens is 2. The second kappa shape index (κ2) is 11.4. The zero-order valence-electron chi connectivity index (χ0n) is 18.2. The molecule has 1 N–H and O–H groups in total. The van der Waals surface area contributed by atoms with Crippen molar-refractivity contribution in [2.24, 2.45) is 4.99 Å². The minimum absolute atomic E-state index is 0.103. The molecule has 0 aromatic heterocycles. The van der Waals surface area contributed by atoms with E-state index in [1.54, 1.807) is 20.0 Å². The molecule has 0 amide bonds. The van der Waals surface area contributed by atoms with Gasteiger partial charge in [-0.1, -0.05) is 42.6 Å². The molecule has 0 bridgehead atoms. The van der Waals surface area contributed by atoms with Crippen molar-refractivity contribution in [1.82, 2.24) is 4.72 Å². The van der Waals surface area contributed by atoms with Gasteiger partial charge in [0.2, 0.25) is 10.0 Å². The Hall–Kier alpha value is -2.22. The van der Waals surface area contributed by atoms with E-state index in [9.17, 15) is 12.8 Å². The highest BCUT2D eigenvalue weighted by atomic mass is 35.5. The van der Waals surface area contributed by atoms with Crippen molar-refractivity contribution >= 4 is 27.5 Å². The van der Waals surface area contributed by atoms with Gasteiger partial charge in [-0.25, -0.2) is 22.5 Å². The zero-order valence-corrected chi connectivity index (χ0v) is 19.7. The molecule has 0 heterocycles. The van der Waals surface area contributed by atoms with Crippen molar-refractivity contribution in [3.05, 3.63) is 70.6 Å². The lowest BCUT2D eigenvalue weighted by Crippen LogP contribution is -2.33. The van der Waals surface area contributed by atoms with E-state index in [1.807, 2.05) is 31.2 Å². The molecular weight excluding hydrogens is 439 g/mol. The summed E-state index contributed by atoms with van der Waals surface area (Å²) in [5.41, 5.74) is 1.83. The first-order chi connectivity index (χ1) is 14.6. The molecule has 0 radical (unpaired) electrons. The van der Waals surface area contributed by atoms with Crippen LogP contribution in [0.15, 0.2) is 64.1 Å². The maximum atomic E-state index is 13.3. The molecule has 0 spiro atoms. The maximum Gasteiger partial charge on any atom is 0.241 e. The van der Waals surface area contributed by atoms with Crippen molar-refractivity contribution in [3.63, 3.8) is 0 Å². The molecule has 0 saturated carbocycles. The fourth-order valence-electron chi connectivity index (χ4n) is 2.54. The minimum Gasteiger partial charge on any atom is -0.443 e. The lowest BCUT2D eigenvalue weighted by atomic mass is 10.2. The molecule has 0 aliphatic rings. The number of rotatable bonds is 9. The van der Waals surface area contributed by atoms with Crippen LogP contribution in [0.2, 0.25) is 5.02 Å². The first-order valence-electron chi connectivity index (χ1n) is 10.1. The third-order valence-corrected chi connectivity index (χ3v) is 6.46. The van der Waals surface area contributed by atoms with Gasteiger partial charge in [0.25, 0.3) is 0 Å². The first-order valence-corrected chi connectivity index (χ1v) is 11.9. The third kappa shape index (κ3) is 7.76. The average molecular weight is 467 g/mol. The van der Waals surface area contributed by atoms with E-state index in [4.69, 9.17) is 16.3 Å². The predicted molar refractivity (Wildman–Crippen MR) is 124 cm³/mol. The zero-order chi connectivity index (χ0) is 23.0. The summed E-state index contributed by atoms with van der Waals surface area (Å²) in [5, 5.41) is -0.249. The number of ether oxygens (including phenoxy) is 1. The second-order valence-corrected chi connectivity index (χ2v) is 9.45. The summed E-state index contributed by atoms with van der Waals surface area (Å²) in [5.74, 6) is 0.589. The van der Waals surface area contributed by atoms with Crippen LogP contribution in [0.4, 0.5) is 4.39 Å². The molecule has 0 saturated heterocycles. The van der Waals surface area contributed by atoms with E-state index >= 15 is 0 Å². The molecule has 2 aromatic carbocycles. The second-order valence-electron chi connectivity index (χ2n) is 7.33. The van der Waals surface area contributed by atoms with E-state index in [2.05, 4.69) is 16.6 Å². The van der Waals surface area contributed by atoms with Gasteiger partial charge in [-0.3, -0.25) is 0 Å². The summed E-state index contributed by atoms with van der Waals surface area (Å²) in [6.45, 7) is 7.57. The monoisotopic (exact) mass is 466 g/mol. The Balaban J connectivity index is 2.15. The number of benzene rings is 2. The lowest BCUT2D eigenvalue weighted by Gasteiger charge is -2.15. The lowest BCUT2D eigenvalue weighted by molar-refractivity contribution is 0.525. The summed E-state index contributed by atoms with van der Waals surface area (Å²) in [4.78, 5) is 4.35. The summed E-state index contributed by atoms with van der Waals surface area (Å²) in [6, 6.07) is 10.4. The van der Waals surface area contributed by atoms with Gasteiger partial charge in [0.1, 0.15) is 11.6 Å². The first kappa shape index (κ1) is 25.0. The number of nitrogens with zero attached hydrogens (tertiary/aromatic N) is 1. The topological polar surface area (TPSA) is 67.8 Å². The number of aryl methyl sites for hydroxylation is 1. The molecule has 5 nitrogen and oxygen atoms in total. The number of aliphatic imine (C=N–C) groups is 1. The van der Waals surface area contributed by atoms with Gasteiger partial charge in [-0.2, -0.15) is 0 Å². The third-order valence-electron chi connectivity index (χ3n) is 4.63. The number of unbranched alkanes of at least 4 members (excludes halogenated alkanes) is 1. The van der Waals surface area contributed by atoms with Crippen LogP contribution in [-0.4, -0.2) is 20.4 Å². The Morgan fingerprint density at radius 2 is 1.94 bits per heavy atom. The molecule has 31 heavy (non-hydrogen) atoms. The van der Waals surface area contributed by atoms with Gasteiger partial charge >= 0.3 is 0 Å². The van der Waals surface area contributed by atoms with Gasteiger partial charge < -0.3 is 4.74 Å². The van der Waals surface area contributed by atoms with Crippen LogP contribution in [0.3, 0.4) is 0 Å². The van der Waals surface area contributed by atoms with Crippen LogP contribution >= 0.6 is 11.6 Å². The summed E-state index contributed by atoms with van der Waals surface area (Å²) in [6.07, 6.45) is 4.19. The van der Waals surface area contributed by atoms with Crippen molar-refractivity contribution < 1.29 is 17.5 Å². The molecule has 168 valence electrons. The summed E-state index contributed by atoms with van der Waals surface area (Å²) >= 11 is 5.71.